The standard InChI is InChI=1S/C7H15O4P/c1-4-9-12(8)10-6(2)5-7(3)11-12/h6-7H,4-5H2,1-3H3/t6-,7-/m1/s1. The van der Waals surface area contributed by atoms with E-state index in [1.54, 1.807) is 6.92 Å². The number of hydrogen-bond acceptors (Lipinski definition) is 4. The molecule has 0 spiro atoms. The van der Waals surface area contributed by atoms with E-state index in [0.29, 0.717) is 6.61 Å². The van der Waals surface area contributed by atoms with Crippen molar-refractivity contribution in [2.24, 2.45) is 0 Å². The first-order valence-electron chi connectivity index (χ1n) is 4.17. The van der Waals surface area contributed by atoms with Crippen LogP contribution in [0.5, 0.6) is 0 Å². The maximum atomic E-state index is 11.6. The molecule has 1 aliphatic rings. The van der Waals surface area contributed by atoms with Crippen molar-refractivity contribution in [3.05, 3.63) is 0 Å². The van der Waals surface area contributed by atoms with Gasteiger partial charge in [-0.25, -0.2) is 4.57 Å². The second kappa shape index (κ2) is 3.88. The third kappa shape index (κ3) is 2.56. The molecule has 0 saturated carbocycles. The molecular formula is C7H15O4P. The summed E-state index contributed by atoms with van der Waals surface area (Å²) >= 11 is 0. The summed E-state index contributed by atoms with van der Waals surface area (Å²) in [6.45, 7) is 5.84. The molecule has 2 atom stereocenters. The molecule has 0 radical (unpaired) electrons. The second-order valence-electron chi connectivity index (χ2n) is 2.93. The van der Waals surface area contributed by atoms with E-state index in [4.69, 9.17) is 13.6 Å². The van der Waals surface area contributed by atoms with Crippen LogP contribution in [0.25, 0.3) is 0 Å². The van der Waals surface area contributed by atoms with E-state index in [-0.39, 0.29) is 12.2 Å². The van der Waals surface area contributed by atoms with E-state index in [1.807, 2.05) is 13.8 Å². The van der Waals surface area contributed by atoms with Crippen LogP contribution in [0, 0.1) is 0 Å². The zero-order valence-corrected chi connectivity index (χ0v) is 8.54. The molecule has 12 heavy (non-hydrogen) atoms. The van der Waals surface area contributed by atoms with Crippen LogP contribution in [0.1, 0.15) is 27.2 Å². The Morgan fingerprint density at radius 1 is 1.42 bits per heavy atom. The van der Waals surface area contributed by atoms with Gasteiger partial charge in [0.05, 0.1) is 18.8 Å². The Bertz CT molecular complexity index is 180. The number of hydrogen-bond donors (Lipinski definition) is 0. The van der Waals surface area contributed by atoms with E-state index in [0.717, 1.165) is 6.42 Å². The van der Waals surface area contributed by atoms with Gasteiger partial charge in [-0.3, -0.25) is 13.6 Å². The Morgan fingerprint density at radius 2 is 1.92 bits per heavy atom. The first kappa shape index (κ1) is 10.2. The molecule has 0 aromatic carbocycles. The lowest BCUT2D eigenvalue weighted by atomic mass is 10.2. The van der Waals surface area contributed by atoms with Crippen molar-refractivity contribution >= 4 is 7.82 Å². The Morgan fingerprint density at radius 3 is 2.33 bits per heavy atom. The Balaban J connectivity index is 2.59. The molecule has 4 nitrogen and oxygen atoms in total. The van der Waals surface area contributed by atoms with Crippen molar-refractivity contribution in [3.63, 3.8) is 0 Å². The minimum absolute atomic E-state index is 0.0499. The van der Waals surface area contributed by atoms with Gasteiger partial charge in [-0.15, -0.1) is 0 Å². The highest BCUT2D eigenvalue weighted by atomic mass is 31.2. The maximum absolute atomic E-state index is 11.6. The fourth-order valence-corrected chi connectivity index (χ4v) is 2.78. The van der Waals surface area contributed by atoms with Gasteiger partial charge in [0.1, 0.15) is 0 Å². The maximum Gasteiger partial charge on any atom is 0.475 e. The van der Waals surface area contributed by atoms with Crippen LogP contribution in [0.3, 0.4) is 0 Å². The largest absolute Gasteiger partial charge is 0.475 e. The van der Waals surface area contributed by atoms with E-state index >= 15 is 0 Å². The minimum atomic E-state index is -3.23. The van der Waals surface area contributed by atoms with E-state index in [2.05, 4.69) is 0 Å². The minimum Gasteiger partial charge on any atom is -0.287 e. The summed E-state index contributed by atoms with van der Waals surface area (Å²) in [6, 6.07) is 0. The Labute approximate surface area is 72.8 Å². The molecule has 0 aliphatic carbocycles. The predicted molar refractivity (Wildman–Crippen MR) is 44.9 cm³/mol. The molecular weight excluding hydrogens is 179 g/mol. The second-order valence-corrected chi connectivity index (χ2v) is 4.51. The monoisotopic (exact) mass is 194 g/mol. The van der Waals surface area contributed by atoms with Crippen LogP contribution in [0.2, 0.25) is 0 Å². The van der Waals surface area contributed by atoms with Gasteiger partial charge in [0, 0.05) is 6.42 Å². The lowest BCUT2D eigenvalue weighted by molar-refractivity contribution is 0.00437. The van der Waals surface area contributed by atoms with Gasteiger partial charge >= 0.3 is 7.82 Å². The smallest absolute Gasteiger partial charge is 0.287 e. The molecule has 1 heterocycles. The molecule has 0 unspecified atom stereocenters. The highest BCUT2D eigenvalue weighted by molar-refractivity contribution is 7.48. The summed E-state index contributed by atoms with van der Waals surface area (Å²) in [5.41, 5.74) is 0. The Hall–Kier alpha value is 0.110. The van der Waals surface area contributed by atoms with Gasteiger partial charge in [0.2, 0.25) is 0 Å². The lowest BCUT2D eigenvalue weighted by Gasteiger charge is -2.30. The molecule has 72 valence electrons. The summed E-state index contributed by atoms with van der Waals surface area (Å²) in [5.74, 6) is 0. The molecule has 0 N–H and O–H groups in total. The summed E-state index contributed by atoms with van der Waals surface area (Å²) < 4.78 is 26.7. The molecule has 0 amide bonds. The number of rotatable bonds is 2. The fraction of sp³-hybridized carbons (Fsp3) is 1.00. The van der Waals surface area contributed by atoms with E-state index in [9.17, 15) is 4.57 Å². The molecule has 1 saturated heterocycles. The molecule has 0 aromatic heterocycles. The number of phosphoric ester groups is 1. The van der Waals surface area contributed by atoms with Crippen LogP contribution in [-0.4, -0.2) is 18.8 Å². The molecule has 1 aliphatic heterocycles. The van der Waals surface area contributed by atoms with Gasteiger partial charge in [-0.1, -0.05) is 0 Å². The predicted octanol–water partition coefficient (Wildman–Crippen LogP) is 2.34. The van der Waals surface area contributed by atoms with Crippen LogP contribution in [0.4, 0.5) is 0 Å². The van der Waals surface area contributed by atoms with Gasteiger partial charge < -0.3 is 0 Å². The third-order valence-corrected chi connectivity index (χ3v) is 3.38. The van der Waals surface area contributed by atoms with Crippen molar-refractivity contribution in [2.75, 3.05) is 6.61 Å². The van der Waals surface area contributed by atoms with E-state index < -0.39 is 7.82 Å². The summed E-state index contributed by atoms with van der Waals surface area (Å²) in [5, 5.41) is 0. The molecule has 1 rings (SSSR count). The first-order chi connectivity index (χ1) is 5.56. The highest BCUT2D eigenvalue weighted by Crippen LogP contribution is 2.55. The highest BCUT2D eigenvalue weighted by Gasteiger charge is 2.36. The Kier molecular flexibility index (Phi) is 3.29. The SMILES string of the molecule is CCOP1(=O)O[C@H](C)C[C@@H](C)O1. The first-order valence-corrected chi connectivity index (χ1v) is 5.63. The van der Waals surface area contributed by atoms with Crippen LogP contribution in [0.15, 0.2) is 0 Å². The zero-order valence-electron chi connectivity index (χ0n) is 7.65. The van der Waals surface area contributed by atoms with E-state index in [1.165, 1.54) is 0 Å². The van der Waals surface area contributed by atoms with Crippen molar-refractivity contribution < 1.29 is 18.1 Å². The zero-order chi connectivity index (χ0) is 9.19. The third-order valence-electron chi connectivity index (χ3n) is 1.57. The average Bonchev–Trinajstić information content (AvgIpc) is 1.82. The molecule has 1 fully saturated rings. The van der Waals surface area contributed by atoms with Crippen LogP contribution in [-0.2, 0) is 18.1 Å². The number of phosphoric acid groups is 1. The van der Waals surface area contributed by atoms with Crippen molar-refractivity contribution in [1.29, 1.82) is 0 Å². The molecule has 0 aromatic rings. The molecule has 0 bridgehead atoms. The van der Waals surface area contributed by atoms with Crippen molar-refractivity contribution in [1.82, 2.24) is 0 Å². The van der Waals surface area contributed by atoms with Crippen molar-refractivity contribution in [2.45, 2.75) is 39.4 Å². The van der Waals surface area contributed by atoms with Gasteiger partial charge in [0.25, 0.3) is 0 Å². The van der Waals surface area contributed by atoms with Gasteiger partial charge in [-0.05, 0) is 20.8 Å². The average molecular weight is 194 g/mol. The summed E-state index contributed by atoms with van der Waals surface area (Å²) in [4.78, 5) is 0. The van der Waals surface area contributed by atoms with Crippen LogP contribution >= 0.6 is 7.82 Å². The van der Waals surface area contributed by atoms with Crippen LogP contribution < -0.4 is 0 Å². The van der Waals surface area contributed by atoms with Gasteiger partial charge in [-0.2, -0.15) is 0 Å². The molecule has 5 heteroatoms. The summed E-state index contributed by atoms with van der Waals surface area (Å²) in [7, 11) is -3.23. The quantitative estimate of drug-likeness (QED) is 0.633. The fourth-order valence-electron chi connectivity index (χ4n) is 1.24. The lowest BCUT2D eigenvalue weighted by Crippen LogP contribution is -2.24. The van der Waals surface area contributed by atoms with Gasteiger partial charge in [0.15, 0.2) is 0 Å². The summed E-state index contributed by atoms with van der Waals surface area (Å²) in [6.07, 6.45) is 0.661. The normalized spacial score (nSPS) is 42.9. The van der Waals surface area contributed by atoms with Crippen molar-refractivity contribution in [3.8, 4) is 0 Å². The topological polar surface area (TPSA) is 44.8 Å².